The highest BCUT2D eigenvalue weighted by Crippen LogP contribution is 2.26. The van der Waals surface area contributed by atoms with Crippen molar-refractivity contribution in [3.63, 3.8) is 0 Å². The highest BCUT2D eigenvalue weighted by atomic mass is 35.5. The fourth-order valence-corrected chi connectivity index (χ4v) is 2.72. The third-order valence-corrected chi connectivity index (χ3v) is 3.88. The molecular weight excluding hydrogens is 329 g/mol. The zero-order chi connectivity index (χ0) is 15.2. The highest BCUT2D eigenvalue weighted by Gasteiger charge is 2.10. The lowest BCUT2D eigenvalue weighted by molar-refractivity contribution is 0.102. The van der Waals surface area contributed by atoms with Gasteiger partial charge in [0.25, 0.3) is 5.91 Å². The van der Waals surface area contributed by atoms with E-state index in [-0.39, 0.29) is 12.5 Å². The van der Waals surface area contributed by atoms with E-state index in [1.807, 2.05) is 0 Å². The highest BCUT2D eigenvalue weighted by molar-refractivity contribution is 7.10. The Morgan fingerprint density at radius 2 is 2.14 bits per heavy atom. The Balaban J connectivity index is 2.09. The first-order valence-corrected chi connectivity index (χ1v) is 7.68. The number of anilines is 1. The number of aliphatic hydroxyl groups excluding tert-OH is 1. The molecular formula is C15H11Cl2NO2S. The van der Waals surface area contributed by atoms with Crippen LogP contribution in [-0.4, -0.2) is 17.6 Å². The van der Waals surface area contributed by atoms with Gasteiger partial charge in [0.2, 0.25) is 0 Å². The smallest absolute Gasteiger partial charge is 0.256 e. The van der Waals surface area contributed by atoms with Crippen LogP contribution in [0.2, 0.25) is 10.0 Å². The summed E-state index contributed by atoms with van der Waals surface area (Å²) in [6, 6.07) is 6.58. The maximum absolute atomic E-state index is 12.1. The van der Waals surface area contributed by atoms with E-state index in [9.17, 15) is 4.79 Å². The van der Waals surface area contributed by atoms with Crippen LogP contribution in [0.15, 0.2) is 29.6 Å². The lowest BCUT2D eigenvalue weighted by Crippen LogP contribution is -2.11. The fourth-order valence-electron chi connectivity index (χ4n) is 1.51. The third-order valence-electron chi connectivity index (χ3n) is 2.49. The van der Waals surface area contributed by atoms with Gasteiger partial charge in [0.05, 0.1) is 27.8 Å². The Kier molecular flexibility index (Phi) is 5.66. The van der Waals surface area contributed by atoms with E-state index >= 15 is 0 Å². The normalized spacial score (nSPS) is 9.86. The Labute approximate surface area is 136 Å². The van der Waals surface area contributed by atoms with Gasteiger partial charge in [-0.1, -0.05) is 35.0 Å². The number of hydrogen-bond donors (Lipinski definition) is 2. The number of carbonyl (C=O) groups excluding carboxylic acids is 1. The van der Waals surface area contributed by atoms with Gasteiger partial charge in [-0.25, -0.2) is 0 Å². The molecule has 2 rings (SSSR count). The lowest BCUT2D eigenvalue weighted by atomic mass is 10.2. The van der Waals surface area contributed by atoms with Crippen molar-refractivity contribution >= 4 is 46.1 Å². The van der Waals surface area contributed by atoms with Gasteiger partial charge in [0.1, 0.15) is 0 Å². The Hall–Kier alpha value is -1.51. The van der Waals surface area contributed by atoms with Gasteiger partial charge in [-0.05, 0) is 24.3 Å². The predicted octanol–water partition coefficient (Wildman–Crippen LogP) is 4.04. The molecule has 0 saturated heterocycles. The van der Waals surface area contributed by atoms with Gasteiger partial charge in [0, 0.05) is 16.8 Å². The van der Waals surface area contributed by atoms with E-state index in [1.54, 1.807) is 29.6 Å². The molecule has 0 unspecified atom stereocenters. The molecule has 3 nitrogen and oxygen atoms in total. The van der Waals surface area contributed by atoms with Gasteiger partial charge in [-0.15, -0.1) is 11.3 Å². The first kappa shape index (κ1) is 15.9. The van der Waals surface area contributed by atoms with E-state index in [2.05, 4.69) is 17.2 Å². The first-order valence-electron chi connectivity index (χ1n) is 6.05. The van der Waals surface area contributed by atoms with Crippen LogP contribution in [0.25, 0.3) is 0 Å². The monoisotopic (exact) mass is 339 g/mol. The summed E-state index contributed by atoms with van der Waals surface area (Å²) in [7, 11) is 0. The minimum Gasteiger partial charge on any atom is -0.395 e. The molecule has 0 atom stereocenters. The molecule has 1 aromatic carbocycles. The predicted molar refractivity (Wildman–Crippen MR) is 87.3 cm³/mol. The number of amides is 1. The van der Waals surface area contributed by atoms with Crippen LogP contribution in [0.1, 0.15) is 21.7 Å². The van der Waals surface area contributed by atoms with E-state index in [0.717, 1.165) is 4.88 Å². The van der Waals surface area contributed by atoms with Crippen molar-refractivity contribution in [2.75, 3.05) is 11.9 Å². The van der Waals surface area contributed by atoms with Crippen LogP contribution < -0.4 is 5.32 Å². The van der Waals surface area contributed by atoms with Crippen LogP contribution in [0.5, 0.6) is 0 Å². The van der Waals surface area contributed by atoms with Crippen LogP contribution in [0.4, 0.5) is 5.69 Å². The number of carbonyl (C=O) groups is 1. The third kappa shape index (κ3) is 4.48. The molecule has 1 amide bonds. The Morgan fingerprint density at radius 1 is 1.33 bits per heavy atom. The second kappa shape index (κ2) is 7.48. The molecule has 2 N–H and O–H groups in total. The van der Waals surface area contributed by atoms with E-state index in [1.165, 1.54) is 11.3 Å². The van der Waals surface area contributed by atoms with Crippen molar-refractivity contribution in [2.45, 2.75) is 6.42 Å². The number of thiophene rings is 1. The summed E-state index contributed by atoms with van der Waals surface area (Å²) >= 11 is 13.2. The molecule has 0 bridgehead atoms. The van der Waals surface area contributed by atoms with Crippen molar-refractivity contribution in [1.29, 1.82) is 0 Å². The minimum absolute atomic E-state index is 0.0286. The number of nitrogens with one attached hydrogen (secondary N) is 1. The molecule has 0 fully saturated rings. The largest absolute Gasteiger partial charge is 0.395 e. The van der Waals surface area contributed by atoms with Crippen molar-refractivity contribution in [3.8, 4) is 11.8 Å². The van der Waals surface area contributed by atoms with E-state index < -0.39 is 0 Å². The molecule has 1 aromatic heterocycles. The number of benzene rings is 1. The van der Waals surface area contributed by atoms with Crippen LogP contribution >= 0.6 is 34.5 Å². The van der Waals surface area contributed by atoms with Gasteiger partial charge < -0.3 is 10.4 Å². The Morgan fingerprint density at radius 3 is 2.86 bits per heavy atom. The summed E-state index contributed by atoms with van der Waals surface area (Å²) in [5.41, 5.74) is 1.02. The molecule has 0 aliphatic rings. The summed E-state index contributed by atoms with van der Waals surface area (Å²) in [5, 5.41) is 14.0. The quantitative estimate of drug-likeness (QED) is 0.829. The summed E-state index contributed by atoms with van der Waals surface area (Å²) in [6.45, 7) is 0.0286. The van der Waals surface area contributed by atoms with Crippen molar-refractivity contribution < 1.29 is 9.90 Å². The SMILES string of the molecule is O=C(Nc1ccc(Cl)cc1Cl)c1csc(C#CCCO)c1. The number of aliphatic hydroxyl groups is 1. The molecule has 2 aromatic rings. The average Bonchev–Trinajstić information content (AvgIpc) is 2.91. The summed E-state index contributed by atoms with van der Waals surface area (Å²) in [5.74, 6) is 5.44. The van der Waals surface area contributed by atoms with Crippen molar-refractivity contribution in [1.82, 2.24) is 0 Å². The number of rotatable bonds is 3. The maximum Gasteiger partial charge on any atom is 0.256 e. The lowest BCUT2D eigenvalue weighted by Gasteiger charge is -2.06. The topological polar surface area (TPSA) is 49.3 Å². The second-order valence-electron chi connectivity index (χ2n) is 4.05. The summed E-state index contributed by atoms with van der Waals surface area (Å²) < 4.78 is 0. The van der Waals surface area contributed by atoms with Gasteiger partial charge in [-0.2, -0.15) is 0 Å². The minimum atomic E-state index is -0.259. The van der Waals surface area contributed by atoms with Gasteiger partial charge >= 0.3 is 0 Å². The molecule has 108 valence electrons. The summed E-state index contributed by atoms with van der Waals surface area (Å²) in [4.78, 5) is 12.9. The van der Waals surface area contributed by atoms with Crippen molar-refractivity contribution in [2.24, 2.45) is 0 Å². The first-order chi connectivity index (χ1) is 10.1. The Bertz CT molecular complexity index is 716. The van der Waals surface area contributed by atoms with Crippen LogP contribution in [-0.2, 0) is 0 Å². The molecule has 21 heavy (non-hydrogen) atoms. The van der Waals surface area contributed by atoms with Gasteiger partial charge in [0.15, 0.2) is 0 Å². The maximum atomic E-state index is 12.1. The standard InChI is InChI=1S/C15H11Cl2NO2S/c16-11-4-5-14(13(17)8-11)18-15(20)10-7-12(21-9-10)3-1-2-6-19/h4-5,7-9,19H,2,6H2,(H,18,20). The molecule has 6 heteroatoms. The van der Waals surface area contributed by atoms with Crippen molar-refractivity contribution in [3.05, 3.63) is 50.1 Å². The number of halogens is 2. The second-order valence-corrected chi connectivity index (χ2v) is 5.81. The zero-order valence-electron chi connectivity index (χ0n) is 10.8. The molecule has 1 heterocycles. The molecule has 0 aliphatic carbocycles. The average molecular weight is 340 g/mol. The molecule has 0 spiro atoms. The number of hydrogen-bond acceptors (Lipinski definition) is 3. The van der Waals surface area contributed by atoms with Crippen LogP contribution in [0, 0.1) is 11.8 Å². The molecule has 0 radical (unpaired) electrons. The molecule has 0 aliphatic heterocycles. The summed E-state index contributed by atoms with van der Waals surface area (Å²) in [6.07, 6.45) is 0.416. The zero-order valence-corrected chi connectivity index (χ0v) is 13.1. The molecule has 0 saturated carbocycles. The van der Waals surface area contributed by atoms with Gasteiger partial charge in [-0.3, -0.25) is 4.79 Å². The van der Waals surface area contributed by atoms with E-state index in [4.69, 9.17) is 28.3 Å². The fraction of sp³-hybridized carbons (Fsp3) is 0.133. The van der Waals surface area contributed by atoms with E-state index in [0.29, 0.717) is 27.7 Å². The van der Waals surface area contributed by atoms with Crippen LogP contribution in [0.3, 0.4) is 0 Å².